The van der Waals surface area contributed by atoms with E-state index < -0.39 is 55.1 Å². The van der Waals surface area contributed by atoms with Crippen molar-refractivity contribution in [2.45, 2.75) is 54.8 Å². The molecule has 148 valence electrons. The van der Waals surface area contributed by atoms with Gasteiger partial charge in [0.25, 0.3) is 0 Å². The molecule has 0 spiro atoms. The van der Waals surface area contributed by atoms with Gasteiger partial charge >= 0.3 is 0 Å². The van der Waals surface area contributed by atoms with Crippen molar-refractivity contribution in [3.05, 3.63) is 12.3 Å². The molecule has 0 radical (unpaired) electrons. The highest BCUT2D eigenvalue weighted by atomic mass is 16.8. The molecule has 3 heterocycles. The fourth-order valence-corrected chi connectivity index (χ4v) is 4.43. The van der Waals surface area contributed by atoms with Crippen molar-refractivity contribution >= 4 is 0 Å². The first-order valence-electron chi connectivity index (χ1n) is 8.58. The van der Waals surface area contributed by atoms with Crippen molar-refractivity contribution in [1.29, 1.82) is 0 Å². The summed E-state index contributed by atoms with van der Waals surface area (Å²) in [6.45, 7) is -0.801. The van der Waals surface area contributed by atoms with Crippen molar-refractivity contribution in [2.24, 2.45) is 11.8 Å². The van der Waals surface area contributed by atoms with Gasteiger partial charge in [-0.3, -0.25) is 0 Å². The molecule has 3 fully saturated rings. The quantitative estimate of drug-likeness (QED) is 0.315. The predicted octanol–water partition coefficient (Wildman–Crippen LogP) is -2.94. The maximum absolute atomic E-state index is 10.2. The van der Waals surface area contributed by atoms with Crippen LogP contribution >= 0.6 is 0 Å². The van der Waals surface area contributed by atoms with Crippen molar-refractivity contribution in [3.63, 3.8) is 0 Å². The normalized spacial score (nSPS) is 55.2. The molecule has 3 aliphatic heterocycles. The van der Waals surface area contributed by atoms with Gasteiger partial charge in [-0.25, -0.2) is 0 Å². The molecule has 0 amide bonds. The van der Waals surface area contributed by atoms with Crippen LogP contribution in [0.4, 0.5) is 0 Å². The second kappa shape index (κ2) is 6.66. The molecule has 1 aliphatic carbocycles. The van der Waals surface area contributed by atoms with Crippen LogP contribution in [0.15, 0.2) is 12.3 Å². The Labute approximate surface area is 149 Å². The molecule has 4 aliphatic rings. The summed E-state index contributed by atoms with van der Waals surface area (Å²) < 4.78 is 27.9. The lowest BCUT2D eigenvalue weighted by molar-refractivity contribution is -0.344. The number of aliphatic hydroxyl groups excluding tert-OH is 5. The minimum absolute atomic E-state index is 0.130. The van der Waals surface area contributed by atoms with Crippen LogP contribution in [0.25, 0.3) is 0 Å². The van der Waals surface area contributed by atoms with Gasteiger partial charge in [0.1, 0.15) is 36.1 Å². The zero-order chi connectivity index (χ0) is 18.6. The molecular formula is C16H24O10. The molecule has 10 nitrogen and oxygen atoms in total. The van der Waals surface area contributed by atoms with E-state index in [1.165, 1.54) is 6.26 Å². The summed E-state index contributed by atoms with van der Waals surface area (Å²) in [6, 6.07) is 0. The van der Waals surface area contributed by atoms with Gasteiger partial charge in [-0.05, 0) is 6.08 Å². The van der Waals surface area contributed by atoms with Gasteiger partial charge < -0.3 is 49.2 Å². The fourth-order valence-electron chi connectivity index (χ4n) is 4.43. The Kier molecular flexibility index (Phi) is 4.75. The van der Waals surface area contributed by atoms with E-state index in [-0.39, 0.29) is 24.7 Å². The predicted molar refractivity (Wildman–Crippen MR) is 81.3 cm³/mol. The summed E-state index contributed by atoms with van der Waals surface area (Å²) in [6.07, 6.45) is -5.21. The Morgan fingerprint density at radius 2 is 1.85 bits per heavy atom. The smallest absolute Gasteiger partial charge is 0.208 e. The minimum atomic E-state index is -1.55. The zero-order valence-corrected chi connectivity index (χ0v) is 14.1. The monoisotopic (exact) mass is 376 g/mol. The standard InChI is InChI=1S/C16H24O10/c1-22-12-6-2-3-23-14(8(6)16(5-18)13(12)26-16)25-15-11(21)10(20)9(19)7(4-17)24-15/h2-3,6-15,17-21H,4-5H2,1H3/t6-,7+,8-,9+,10-,11+,12-,13-,14-,15-,16+/m0/s1. The lowest BCUT2D eigenvalue weighted by Gasteiger charge is -2.43. The van der Waals surface area contributed by atoms with E-state index in [2.05, 4.69) is 0 Å². The molecular weight excluding hydrogens is 352 g/mol. The van der Waals surface area contributed by atoms with Crippen LogP contribution in [-0.2, 0) is 23.7 Å². The number of hydrogen-bond donors (Lipinski definition) is 5. The van der Waals surface area contributed by atoms with Crippen LogP contribution < -0.4 is 0 Å². The molecule has 4 rings (SSSR count). The van der Waals surface area contributed by atoms with E-state index in [0.29, 0.717) is 0 Å². The van der Waals surface area contributed by atoms with E-state index >= 15 is 0 Å². The number of epoxide rings is 1. The summed E-state index contributed by atoms with van der Waals surface area (Å²) in [5.41, 5.74) is -0.866. The Morgan fingerprint density at radius 3 is 2.50 bits per heavy atom. The molecule has 2 saturated heterocycles. The zero-order valence-electron chi connectivity index (χ0n) is 14.1. The molecule has 0 aromatic carbocycles. The van der Waals surface area contributed by atoms with Gasteiger partial charge in [0.15, 0.2) is 6.29 Å². The highest BCUT2D eigenvalue weighted by molar-refractivity contribution is 5.25. The second-order valence-electron chi connectivity index (χ2n) is 7.12. The first kappa shape index (κ1) is 18.5. The summed E-state index contributed by atoms with van der Waals surface area (Å²) in [5.74, 6) is -0.547. The summed E-state index contributed by atoms with van der Waals surface area (Å²) in [7, 11) is 1.56. The average molecular weight is 376 g/mol. The fraction of sp³-hybridized carbons (Fsp3) is 0.875. The largest absolute Gasteiger partial charge is 0.472 e. The van der Waals surface area contributed by atoms with E-state index in [0.717, 1.165) is 0 Å². The number of rotatable bonds is 5. The van der Waals surface area contributed by atoms with E-state index in [9.17, 15) is 25.5 Å². The molecule has 26 heavy (non-hydrogen) atoms. The topological polar surface area (TPSA) is 151 Å². The van der Waals surface area contributed by atoms with Crippen LogP contribution in [-0.4, -0.2) is 101 Å². The number of methoxy groups -OCH3 is 1. The Hall–Kier alpha value is -0.820. The molecule has 0 bridgehead atoms. The lowest BCUT2D eigenvalue weighted by atomic mass is 9.85. The van der Waals surface area contributed by atoms with Crippen molar-refractivity contribution < 1.29 is 49.2 Å². The minimum Gasteiger partial charge on any atom is -0.472 e. The molecule has 11 atom stereocenters. The van der Waals surface area contributed by atoms with Crippen LogP contribution in [0.5, 0.6) is 0 Å². The lowest BCUT2D eigenvalue weighted by Crippen LogP contribution is -2.60. The SMILES string of the molecule is CO[C@H]1[C@H]2C=CO[C@@H](O[C@@H]3O[C@H](CO)[C@@H](O)[C@H](O)[C@H]3O)[C@H]2[C@@]2(CO)O[C@@H]12. The van der Waals surface area contributed by atoms with Crippen LogP contribution in [0, 0.1) is 11.8 Å². The van der Waals surface area contributed by atoms with Crippen LogP contribution in [0.2, 0.25) is 0 Å². The summed E-state index contributed by atoms with van der Waals surface area (Å²) in [5, 5.41) is 49.1. The van der Waals surface area contributed by atoms with Gasteiger partial charge in [-0.2, -0.15) is 0 Å². The van der Waals surface area contributed by atoms with Gasteiger partial charge in [0, 0.05) is 13.0 Å². The number of ether oxygens (including phenoxy) is 5. The van der Waals surface area contributed by atoms with Gasteiger partial charge in [-0.1, -0.05) is 0 Å². The van der Waals surface area contributed by atoms with Gasteiger partial charge in [0.05, 0.1) is 31.5 Å². The molecule has 0 unspecified atom stereocenters. The van der Waals surface area contributed by atoms with Crippen LogP contribution in [0.3, 0.4) is 0 Å². The maximum atomic E-state index is 10.2. The third kappa shape index (κ3) is 2.53. The average Bonchev–Trinajstić information content (AvgIpc) is 3.31. The Bertz CT molecular complexity index is 555. The maximum Gasteiger partial charge on any atom is 0.208 e. The molecule has 0 aromatic rings. The third-order valence-electron chi connectivity index (χ3n) is 5.87. The van der Waals surface area contributed by atoms with E-state index in [1.807, 2.05) is 6.08 Å². The highest BCUT2D eigenvalue weighted by Gasteiger charge is 2.76. The third-order valence-corrected chi connectivity index (χ3v) is 5.87. The van der Waals surface area contributed by atoms with Crippen molar-refractivity contribution in [2.75, 3.05) is 20.3 Å². The Morgan fingerprint density at radius 1 is 1.08 bits per heavy atom. The van der Waals surface area contributed by atoms with Crippen LogP contribution in [0.1, 0.15) is 0 Å². The highest BCUT2D eigenvalue weighted by Crippen LogP contribution is 2.60. The molecule has 0 aromatic heterocycles. The van der Waals surface area contributed by atoms with Gasteiger partial charge in [0.2, 0.25) is 6.29 Å². The number of hydrogen-bond acceptors (Lipinski definition) is 10. The summed E-state index contributed by atoms with van der Waals surface area (Å²) >= 11 is 0. The number of fused-ring (bicyclic) bond motifs is 3. The van der Waals surface area contributed by atoms with Crippen molar-refractivity contribution in [1.82, 2.24) is 0 Å². The Balaban J connectivity index is 1.54. The van der Waals surface area contributed by atoms with E-state index in [4.69, 9.17) is 23.7 Å². The second-order valence-corrected chi connectivity index (χ2v) is 7.12. The number of aliphatic hydroxyl groups is 5. The molecule has 1 saturated carbocycles. The summed E-state index contributed by atoms with van der Waals surface area (Å²) in [4.78, 5) is 0. The molecule has 5 N–H and O–H groups in total. The van der Waals surface area contributed by atoms with Crippen molar-refractivity contribution in [3.8, 4) is 0 Å². The van der Waals surface area contributed by atoms with E-state index in [1.54, 1.807) is 7.11 Å². The van der Waals surface area contributed by atoms with Gasteiger partial charge in [-0.15, -0.1) is 0 Å². The first-order chi connectivity index (χ1) is 12.5. The molecule has 10 heteroatoms. The first-order valence-corrected chi connectivity index (χ1v) is 8.58.